The van der Waals surface area contributed by atoms with Crippen molar-refractivity contribution in [1.29, 1.82) is 0 Å². The number of hydrogen-bond donors (Lipinski definition) is 3. The van der Waals surface area contributed by atoms with Gasteiger partial charge in [0.15, 0.2) is 0 Å². The molecule has 1 aliphatic carbocycles. The zero-order chi connectivity index (χ0) is 15.3. The van der Waals surface area contributed by atoms with Gasteiger partial charge >= 0.3 is 0 Å². The number of rotatable bonds is 1. The number of aliphatic hydroxyl groups excluding tert-OH is 3. The third-order valence-corrected chi connectivity index (χ3v) is 4.46. The van der Waals surface area contributed by atoms with E-state index in [1.165, 1.54) is 0 Å². The van der Waals surface area contributed by atoms with Crippen molar-refractivity contribution in [1.82, 2.24) is 0 Å². The van der Waals surface area contributed by atoms with Crippen LogP contribution in [0.15, 0.2) is 48.5 Å². The molecule has 22 heavy (non-hydrogen) atoms. The van der Waals surface area contributed by atoms with Crippen LogP contribution in [-0.2, 0) is 6.61 Å². The Kier molecular flexibility index (Phi) is 3.01. The van der Waals surface area contributed by atoms with Crippen LogP contribution in [0.3, 0.4) is 0 Å². The van der Waals surface area contributed by atoms with Gasteiger partial charge in [-0.25, -0.2) is 0 Å². The average molecular weight is 292 g/mol. The maximum Gasteiger partial charge on any atom is 0.109 e. The van der Waals surface area contributed by atoms with Crippen LogP contribution in [0.25, 0.3) is 27.6 Å². The van der Waals surface area contributed by atoms with E-state index >= 15 is 0 Å². The Morgan fingerprint density at radius 3 is 2.59 bits per heavy atom. The van der Waals surface area contributed by atoms with E-state index < -0.39 is 12.2 Å². The third-order valence-electron chi connectivity index (χ3n) is 4.46. The molecule has 3 heteroatoms. The number of benzene rings is 3. The van der Waals surface area contributed by atoms with Gasteiger partial charge in [-0.2, -0.15) is 0 Å². The first-order chi connectivity index (χ1) is 10.7. The molecule has 0 aliphatic heterocycles. The minimum atomic E-state index is -0.885. The van der Waals surface area contributed by atoms with E-state index in [2.05, 4.69) is 0 Å². The lowest BCUT2D eigenvalue weighted by atomic mass is 9.88. The van der Waals surface area contributed by atoms with Gasteiger partial charge in [-0.3, -0.25) is 0 Å². The molecule has 3 N–H and O–H groups in total. The lowest BCUT2D eigenvalue weighted by Gasteiger charge is -2.22. The SMILES string of the molecule is OCc1cccc2c1ccc1cc3c(cc12)C=CC(O)C3O. The Hall–Kier alpha value is -2.20. The summed E-state index contributed by atoms with van der Waals surface area (Å²) in [5.41, 5.74) is 2.58. The molecule has 0 radical (unpaired) electrons. The highest BCUT2D eigenvalue weighted by molar-refractivity contribution is 6.09. The molecule has 0 aromatic heterocycles. The molecule has 0 saturated carbocycles. The second kappa shape index (κ2) is 4.92. The first-order valence-corrected chi connectivity index (χ1v) is 7.32. The van der Waals surface area contributed by atoms with Gasteiger partial charge in [0.2, 0.25) is 0 Å². The molecule has 4 rings (SSSR count). The standard InChI is InChI=1S/C19H16O3/c20-10-13-2-1-3-15-14(13)6-4-11-9-17-12(8-16(11)15)5-7-18(21)19(17)22/h1-9,18-22H,10H2. The van der Waals surface area contributed by atoms with Gasteiger partial charge in [0, 0.05) is 0 Å². The highest BCUT2D eigenvalue weighted by Crippen LogP contribution is 2.35. The second-order valence-corrected chi connectivity index (χ2v) is 5.73. The fraction of sp³-hybridized carbons (Fsp3) is 0.158. The maximum absolute atomic E-state index is 10.2. The van der Waals surface area contributed by atoms with Crippen LogP contribution in [-0.4, -0.2) is 21.4 Å². The molecule has 3 aromatic rings. The van der Waals surface area contributed by atoms with E-state index in [0.29, 0.717) is 0 Å². The van der Waals surface area contributed by atoms with Crippen molar-refractivity contribution in [3.63, 3.8) is 0 Å². The van der Waals surface area contributed by atoms with Crippen LogP contribution >= 0.6 is 0 Å². The summed E-state index contributed by atoms with van der Waals surface area (Å²) in [5, 5.41) is 33.6. The molecule has 0 heterocycles. The summed E-state index contributed by atoms with van der Waals surface area (Å²) in [6.07, 6.45) is 1.72. The van der Waals surface area contributed by atoms with Crippen LogP contribution in [0.2, 0.25) is 0 Å². The fourth-order valence-corrected chi connectivity index (χ4v) is 3.27. The molecule has 0 spiro atoms. The third kappa shape index (κ3) is 1.87. The van der Waals surface area contributed by atoms with Gasteiger partial charge in [0.1, 0.15) is 12.2 Å². The van der Waals surface area contributed by atoms with Gasteiger partial charge in [0.05, 0.1) is 6.61 Å². The molecule has 3 aromatic carbocycles. The van der Waals surface area contributed by atoms with Crippen LogP contribution < -0.4 is 0 Å². The lowest BCUT2D eigenvalue weighted by molar-refractivity contribution is 0.0471. The largest absolute Gasteiger partial charge is 0.392 e. The van der Waals surface area contributed by atoms with E-state index in [-0.39, 0.29) is 6.61 Å². The maximum atomic E-state index is 10.2. The average Bonchev–Trinajstić information content (AvgIpc) is 2.56. The van der Waals surface area contributed by atoms with E-state index in [4.69, 9.17) is 0 Å². The Bertz CT molecular complexity index is 911. The summed E-state index contributed by atoms with van der Waals surface area (Å²) in [6, 6.07) is 13.9. The first kappa shape index (κ1) is 13.5. The van der Waals surface area contributed by atoms with Crippen molar-refractivity contribution in [2.45, 2.75) is 18.8 Å². The van der Waals surface area contributed by atoms with Crippen molar-refractivity contribution in [3.05, 3.63) is 65.2 Å². The molecule has 0 amide bonds. The summed E-state index contributed by atoms with van der Waals surface area (Å²) >= 11 is 0. The quantitative estimate of drug-likeness (QED) is 0.604. The Balaban J connectivity index is 2.07. The van der Waals surface area contributed by atoms with Crippen molar-refractivity contribution in [3.8, 4) is 0 Å². The van der Waals surface area contributed by atoms with Crippen LogP contribution in [0, 0.1) is 0 Å². The Labute approximate surface area is 127 Å². The Morgan fingerprint density at radius 2 is 1.77 bits per heavy atom. The minimum Gasteiger partial charge on any atom is -0.392 e. The van der Waals surface area contributed by atoms with Gasteiger partial charge in [0.25, 0.3) is 0 Å². The van der Waals surface area contributed by atoms with Crippen LogP contribution in [0.1, 0.15) is 22.8 Å². The summed E-state index contributed by atoms with van der Waals surface area (Å²) in [5.74, 6) is 0. The van der Waals surface area contributed by atoms with Gasteiger partial charge in [-0.05, 0) is 50.4 Å². The topological polar surface area (TPSA) is 60.7 Å². The zero-order valence-corrected chi connectivity index (χ0v) is 11.9. The lowest BCUT2D eigenvalue weighted by Crippen LogP contribution is -2.19. The smallest absolute Gasteiger partial charge is 0.109 e. The van der Waals surface area contributed by atoms with Gasteiger partial charge in [-0.15, -0.1) is 0 Å². The fourth-order valence-electron chi connectivity index (χ4n) is 3.27. The molecule has 2 unspecified atom stereocenters. The molecule has 0 fully saturated rings. The normalized spacial score (nSPS) is 20.5. The summed E-state index contributed by atoms with van der Waals surface area (Å²) in [6.45, 7) is 0.0125. The predicted molar refractivity (Wildman–Crippen MR) is 87.4 cm³/mol. The van der Waals surface area contributed by atoms with Gasteiger partial charge < -0.3 is 15.3 Å². The van der Waals surface area contributed by atoms with Crippen LogP contribution in [0.4, 0.5) is 0 Å². The molecule has 110 valence electrons. The highest BCUT2D eigenvalue weighted by atomic mass is 16.3. The highest BCUT2D eigenvalue weighted by Gasteiger charge is 2.22. The second-order valence-electron chi connectivity index (χ2n) is 5.73. The van der Waals surface area contributed by atoms with Crippen LogP contribution in [0.5, 0.6) is 0 Å². The number of fused-ring (bicyclic) bond motifs is 4. The molecule has 0 saturated heterocycles. The van der Waals surface area contributed by atoms with Crippen molar-refractivity contribution < 1.29 is 15.3 Å². The molecular formula is C19H16O3. The van der Waals surface area contributed by atoms with Crippen molar-refractivity contribution in [2.24, 2.45) is 0 Å². The molecule has 0 bridgehead atoms. The van der Waals surface area contributed by atoms with E-state index in [0.717, 1.165) is 38.2 Å². The van der Waals surface area contributed by atoms with E-state index in [1.54, 1.807) is 6.08 Å². The number of aliphatic hydroxyl groups is 3. The van der Waals surface area contributed by atoms with E-state index in [9.17, 15) is 15.3 Å². The molecule has 3 nitrogen and oxygen atoms in total. The summed E-state index contributed by atoms with van der Waals surface area (Å²) < 4.78 is 0. The van der Waals surface area contributed by atoms with Crippen molar-refractivity contribution >= 4 is 27.6 Å². The molecular weight excluding hydrogens is 276 g/mol. The monoisotopic (exact) mass is 292 g/mol. The van der Waals surface area contributed by atoms with Crippen molar-refractivity contribution in [2.75, 3.05) is 0 Å². The predicted octanol–water partition coefficient (Wildman–Crippen LogP) is 2.91. The summed E-state index contributed by atoms with van der Waals surface area (Å²) in [4.78, 5) is 0. The molecule has 2 atom stereocenters. The minimum absolute atomic E-state index is 0.0125. The van der Waals surface area contributed by atoms with Gasteiger partial charge in [-0.1, -0.05) is 42.5 Å². The zero-order valence-electron chi connectivity index (χ0n) is 11.9. The van der Waals surface area contributed by atoms with E-state index in [1.807, 2.05) is 48.5 Å². The summed E-state index contributed by atoms with van der Waals surface area (Å²) in [7, 11) is 0. The first-order valence-electron chi connectivity index (χ1n) is 7.32. The molecule has 1 aliphatic rings. The Morgan fingerprint density at radius 1 is 0.909 bits per heavy atom. The number of hydrogen-bond acceptors (Lipinski definition) is 3.